The van der Waals surface area contributed by atoms with Crippen LogP contribution in [0, 0.1) is 5.82 Å². The summed E-state index contributed by atoms with van der Waals surface area (Å²) < 4.78 is 14.6. The average molecular weight is 474 g/mol. The Bertz CT molecular complexity index is 1130. The summed E-state index contributed by atoms with van der Waals surface area (Å²) in [6.45, 7) is 2.02. The van der Waals surface area contributed by atoms with Gasteiger partial charge in [-0.2, -0.15) is 0 Å². The topological polar surface area (TPSA) is 66.4 Å². The van der Waals surface area contributed by atoms with Gasteiger partial charge < -0.3 is 10.4 Å². The van der Waals surface area contributed by atoms with Crippen LogP contribution in [0.5, 0.6) is 0 Å². The van der Waals surface area contributed by atoms with E-state index in [2.05, 4.69) is 5.32 Å². The number of carbonyl (C=O) groups excluding carboxylic acids is 1. The molecule has 166 valence electrons. The summed E-state index contributed by atoms with van der Waals surface area (Å²) in [6, 6.07) is 17.3. The molecule has 2 N–H and O–H groups in total. The van der Waals surface area contributed by atoms with Crippen molar-refractivity contribution in [2.45, 2.75) is 25.7 Å². The van der Waals surface area contributed by atoms with Crippen molar-refractivity contribution in [2.75, 3.05) is 6.54 Å². The maximum atomic E-state index is 14.6. The highest BCUT2D eigenvalue weighted by atomic mass is 35.5. The van der Waals surface area contributed by atoms with E-state index in [9.17, 15) is 14.0 Å². The van der Waals surface area contributed by atoms with Gasteiger partial charge in [0.1, 0.15) is 5.82 Å². The van der Waals surface area contributed by atoms with Crippen LogP contribution < -0.4 is 5.32 Å². The third-order valence-electron chi connectivity index (χ3n) is 5.16. The molecule has 3 aromatic carbocycles. The summed E-state index contributed by atoms with van der Waals surface area (Å²) in [5, 5.41) is 12.1. The number of carboxylic acids is 1. The van der Waals surface area contributed by atoms with Crippen LogP contribution in [0.1, 0.15) is 40.7 Å². The molecule has 0 aliphatic heterocycles. The predicted molar refractivity (Wildman–Crippen MR) is 125 cm³/mol. The number of halogens is 3. The molecule has 0 saturated heterocycles. The highest BCUT2D eigenvalue weighted by Crippen LogP contribution is 2.32. The third kappa shape index (κ3) is 6.09. The highest BCUT2D eigenvalue weighted by molar-refractivity contribution is 6.42. The first-order valence-electron chi connectivity index (χ1n) is 10.1. The zero-order chi connectivity index (χ0) is 23.3. The molecule has 1 amide bonds. The molecular weight excluding hydrogens is 452 g/mol. The Labute approximate surface area is 196 Å². The molecule has 0 saturated carbocycles. The molecule has 0 aliphatic rings. The van der Waals surface area contributed by atoms with E-state index in [-0.39, 0.29) is 30.6 Å². The van der Waals surface area contributed by atoms with E-state index >= 15 is 0 Å². The lowest BCUT2D eigenvalue weighted by Gasteiger charge is -2.15. The number of aliphatic carboxylic acids is 1. The number of nitrogens with one attached hydrogen (secondary N) is 1. The number of carbonyl (C=O) groups is 2. The minimum Gasteiger partial charge on any atom is -0.481 e. The quantitative estimate of drug-likeness (QED) is 0.400. The molecule has 7 heteroatoms. The maximum Gasteiger partial charge on any atom is 0.305 e. The van der Waals surface area contributed by atoms with Gasteiger partial charge >= 0.3 is 5.97 Å². The van der Waals surface area contributed by atoms with Gasteiger partial charge in [0.05, 0.1) is 16.5 Å². The number of rotatable bonds is 8. The van der Waals surface area contributed by atoms with E-state index in [0.29, 0.717) is 27.6 Å². The van der Waals surface area contributed by atoms with E-state index in [0.717, 1.165) is 16.7 Å². The fourth-order valence-electron chi connectivity index (χ4n) is 3.42. The van der Waals surface area contributed by atoms with Gasteiger partial charge in [0.15, 0.2) is 0 Å². The van der Waals surface area contributed by atoms with Crippen LogP contribution in [0.25, 0.3) is 11.1 Å². The van der Waals surface area contributed by atoms with Gasteiger partial charge in [-0.05, 0) is 71.0 Å². The molecule has 0 radical (unpaired) electrons. The molecule has 3 aromatic rings. The standard InChI is InChI=1S/C25H22Cl2FNO3/c1-15(12-16-2-4-17(5-3-16)25(32)29-11-10-24(30)31)20-13-18(7-9-23(20)28)19-6-8-21(26)22(27)14-19/h2-9,13-15H,10-12H2,1H3,(H,29,32)(H,30,31). The monoisotopic (exact) mass is 473 g/mol. The van der Waals surface area contributed by atoms with Crippen LogP contribution in [-0.4, -0.2) is 23.5 Å². The summed E-state index contributed by atoms with van der Waals surface area (Å²) in [4.78, 5) is 22.6. The maximum absolute atomic E-state index is 14.6. The second kappa shape index (κ2) is 10.6. The van der Waals surface area contributed by atoms with Gasteiger partial charge in [-0.1, -0.05) is 54.4 Å². The van der Waals surface area contributed by atoms with E-state index in [1.54, 1.807) is 30.3 Å². The minimum atomic E-state index is -0.968. The lowest BCUT2D eigenvalue weighted by molar-refractivity contribution is -0.136. The van der Waals surface area contributed by atoms with Crippen molar-refractivity contribution in [3.05, 3.63) is 93.2 Å². The second-order valence-corrected chi connectivity index (χ2v) is 8.38. The van der Waals surface area contributed by atoms with E-state index in [4.69, 9.17) is 28.3 Å². The summed E-state index contributed by atoms with van der Waals surface area (Å²) in [6.07, 6.45) is 0.455. The molecule has 1 atom stereocenters. The molecule has 0 heterocycles. The first-order chi connectivity index (χ1) is 15.2. The van der Waals surface area contributed by atoms with Crippen molar-refractivity contribution < 1.29 is 19.1 Å². The summed E-state index contributed by atoms with van der Waals surface area (Å²) in [5.41, 5.74) is 3.69. The predicted octanol–water partition coefficient (Wildman–Crippen LogP) is 6.35. The fraction of sp³-hybridized carbons (Fsp3) is 0.200. The first kappa shape index (κ1) is 23.8. The van der Waals surface area contributed by atoms with Crippen LogP contribution >= 0.6 is 23.2 Å². The molecule has 0 bridgehead atoms. The highest BCUT2D eigenvalue weighted by Gasteiger charge is 2.15. The second-order valence-electron chi connectivity index (χ2n) is 7.57. The SMILES string of the molecule is CC(Cc1ccc(C(=O)NCCC(=O)O)cc1)c1cc(-c2ccc(Cl)c(Cl)c2)ccc1F. The van der Waals surface area contributed by atoms with Gasteiger partial charge in [-0.15, -0.1) is 0 Å². The molecule has 3 rings (SSSR count). The molecule has 0 aromatic heterocycles. The van der Waals surface area contributed by atoms with Crippen molar-refractivity contribution in [1.29, 1.82) is 0 Å². The van der Waals surface area contributed by atoms with Crippen LogP contribution in [-0.2, 0) is 11.2 Å². The minimum absolute atomic E-state index is 0.0708. The fourth-order valence-corrected chi connectivity index (χ4v) is 3.72. The van der Waals surface area contributed by atoms with E-state index in [1.807, 2.05) is 31.2 Å². The van der Waals surface area contributed by atoms with Crippen LogP contribution in [0.4, 0.5) is 4.39 Å². The molecule has 4 nitrogen and oxygen atoms in total. The Morgan fingerprint density at radius 3 is 2.28 bits per heavy atom. The van der Waals surface area contributed by atoms with Gasteiger partial charge in [-0.25, -0.2) is 4.39 Å². The molecule has 0 fully saturated rings. The number of benzene rings is 3. The molecule has 32 heavy (non-hydrogen) atoms. The Kier molecular flexibility index (Phi) is 7.89. The zero-order valence-electron chi connectivity index (χ0n) is 17.4. The van der Waals surface area contributed by atoms with Gasteiger partial charge in [0.25, 0.3) is 5.91 Å². The summed E-state index contributed by atoms with van der Waals surface area (Å²) >= 11 is 12.1. The number of hydrogen-bond donors (Lipinski definition) is 2. The van der Waals surface area contributed by atoms with Crippen molar-refractivity contribution in [2.24, 2.45) is 0 Å². The Morgan fingerprint density at radius 1 is 0.969 bits per heavy atom. The Hall–Kier alpha value is -2.89. The Morgan fingerprint density at radius 2 is 1.62 bits per heavy atom. The molecular formula is C25H22Cl2FNO3. The molecule has 1 unspecified atom stereocenters. The van der Waals surface area contributed by atoms with Gasteiger partial charge in [0, 0.05) is 12.1 Å². The first-order valence-corrected chi connectivity index (χ1v) is 10.8. The van der Waals surface area contributed by atoms with Gasteiger partial charge in [-0.3, -0.25) is 9.59 Å². The van der Waals surface area contributed by atoms with E-state index in [1.165, 1.54) is 6.07 Å². The normalized spacial score (nSPS) is 11.8. The van der Waals surface area contributed by atoms with Gasteiger partial charge in [0.2, 0.25) is 0 Å². The van der Waals surface area contributed by atoms with Crippen LogP contribution in [0.2, 0.25) is 10.0 Å². The molecule has 0 aliphatic carbocycles. The number of carboxylic acid groups (broad SMARTS) is 1. The summed E-state index contributed by atoms with van der Waals surface area (Å²) in [5.74, 6) is -1.68. The van der Waals surface area contributed by atoms with Crippen molar-refractivity contribution >= 4 is 35.1 Å². The Balaban J connectivity index is 1.71. The van der Waals surface area contributed by atoms with Crippen LogP contribution in [0.3, 0.4) is 0 Å². The van der Waals surface area contributed by atoms with Crippen LogP contribution in [0.15, 0.2) is 60.7 Å². The smallest absolute Gasteiger partial charge is 0.305 e. The molecule has 0 spiro atoms. The summed E-state index contributed by atoms with van der Waals surface area (Å²) in [7, 11) is 0. The third-order valence-corrected chi connectivity index (χ3v) is 5.90. The number of amides is 1. The van der Waals surface area contributed by atoms with Crippen molar-refractivity contribution in [3.63, 3.8) is 0 Å². The zero-order valence-corrected chi connectivity index (χ0v) is 18.9. The lowest BCUT2D eigenvalue weighted by Crippen LogP contribution is -2.25. The largest absolute Gasteiger partial charge is 0.481 e. The number of hydrogen-bond acceptors (Lipinski definition) is 2. The van der Waals surface area contributed by atoms with E-state index < -0.39 is 5.97 Å². The lowest BCUT2D eigenvalue weighted by atomic mass is 9.90. The average Bonchev–Trinajstić information content (AvgIpc) is 2.76. The van der Waals surface area contributed by atoms with Crippen molar-refractivity contribution in [3.8, 4) is 11.1 Å². The van der Waals surface area contributed by atoms with Crippen molar-refractivity contribution in [1.82, 2.24) is 5.32 Å².